The molecule has 0 bridgehead atoms. The van der Waals surface area contributed by atoms with Crippen molar-refractivity contribution in [2.24, 2.45) is 5.92 Å². The normalized spacial score (nSPS) is 26.2. The number of piperazine rings is 1. The van der Waals surface area contributed by atoms with Gasteiger partial charge in [-0.25, -0.2) is 0 Å². The molecule has 0 aromatic heterocycles. The fourth-order valence-corrected chi connectivity index (χ4v) is 5.54. The van der Waals surface area contributed by atoms with Crippen LogP contribution in [-0.2, 0) is 4.79 Å². The van der Waals surface area contributed by atoms with E-state index in [4.69, 9.17) is 0 Å². The lowest BCUT2D eigenvalue weighted by Gasteiger charge is -2.36. The number of carbonyl (C=O) groups is 2. The highest BCUT2D eigenvalue weighted by Crippen LogP contribution is 2.41. The van der Waals surface area contributed by atoms with Gasteiger partial charge in [-0.3, -0.25) is 9.59 Å². The van der Waals surface area contributed by atoms with Crippen LogP contribution in [-0.4, -0.2) is 59.9 Å². The van der Waals surface area contributed by atoms with Crippen molar-refractivity contribution in [3.8, 4) is 0 Å². The summed E-state index contributed by atoms with van der Waals surface area (Å²) in [6.07, 6.45) is 5.35. The molecule has 30 heavy (non-hydrogen) atoms. The molecule has 6 heteroatoms. The van der Waals surface area contributed by atoms with Gasteiger partial charge in [0.2, 0.25) is 5.91 Å². The predicted octanol–water partition coefficient (Wildman–Crippen LogP) is 3.47. The Morgan fingerprint density at radius 2 is 1.67 bits per heavy atom. The Hall–Kier alpha value is -2.11. The van der Waals surface area contributed by atoms with E-state index in [0.717, 1.165) is 62.6 Å². The summed E-state index contributed by atoms with van der Waals surface area (Å²) in [5.74, 6) is 0.638. The number of amides is 2. The molecule has 1 aliphatic carbocycles. The minimum Gasteiger partial charge on any atom is -0.338 e. The van der Waals surface area contributed by atoms with Crippen LogP contribution in [0, 0.1) is 5.92 Å². The van der Waals surface area contributed by atoms with E-state index in [0.29, 0.717) is 11.5 Å². The standard InChI is InChI=1S/C24H29N3O2.ClH/c28-23(20-10-9-17-5-1-2-6-18(17)15-20)27-21-8-4-3-7-19(21)16-22(27)24(29)26-13-11-25-12-14-26;/h1-2,5-6,9-10,15,19,21-22,25H,3-4,7-8,11-14,16H2;1H. The van der Waals surface area contributed by atoms with Crippen LogP contribution >= 0.6 is 12.4 Å². The van der Waals surface area contributed by atoms with E-state index in [1.165, 1.54) is 6.42 Å². The summed E-state index contributed by atoms with van der Waals surface area (Å²) in [5, 5.41) is 5.52. The van der Waals surface area contributed by atoms with Crippen molar-refractivity contribution in [2.75, 3.05) is 26.2 Å². The molecule has 2 heterocycles. The second-order valence-electron chi connectivity index (χ2n) is 8.71. The molecule has 3 aliphatic rings. The molecule has 2 aliphatic heterocycles. The smallest absolute Gasteiger partial charge is 0.254 e. The predicted molar refractivity (Wildman–Crippen MR) is 121 cm³/mol. The molecule has 1 N–H and O–H groups in total. The van der Waals surface area contributed by atoms with Crippen molar-refractivity contribution in [3.05, 3.63) is 48.0 Å². The first-order chi connectivity index (χ1) is 14.2. The van der Waals surface area contributed by atoms with Crippen LogP contribution in [0.15, 0.2) is 42.5 Å². The van der Waals surface area contributed by atoms with Gasteiger partial charge in [-0.15, -0.1) is 12.4 Å². The van der Waals surface area contributed by atoms with Crippen LogP contribution in [0.4, 0.5) is 0 Å². The maximum atomic E-state index is 13.7. The van der Waals surface area contributed by atoms with Gasteiger partial charge in [-0.05, 0) is 48.1 Å². The molecule has 0 radical (unpaired) electrons. The zero-order valence-electron chi connectivity index (χ0n) is 17.3. The fraction of sp³-hybridized carbons (Fsp3) is 0.500. The first-order valence-electron chi connectivity index (χ1n) is 11.0. The van der Waals surface area contributed by atoms with E-state index in [-0.39, 0.29) is 36.3 Å². The number of nitrogens with one attached hydrogen (secondary N) is 1. The zero-order chi connectivity index (χ0) is 19.8. The van der Waals surface area contributed by atoms with Gasteiger partial charge in [0.05, 0.1) is 0 Å². The van der Waals surface area contributed by atoms with Gasteiger partial charge < -0.3 is 15.1 Å². The average molecular weight is 428 g/mol. The lowest BCUT2D eigenvalue weighted by molar-refractivity contribution is -0.136. The minimum absolute atomic E-state index is 0. The molecule has 3 unspecified atom stereocenters. The number of nitrogens with zero attached hydrogens (tertiary/aromatic N) is 2. The number of rotatable bonds is 2. The monoisotopic (exact) mass is 427 g/mol. The number of benzene rings is 2. The SMILES string of the molecule is Cl.O=C(C1CC2CCCCC2N1C(=O)c1ccc2ccccc2c1)N1CCNCC1. The summed E-state index contributed by atoms with van der Waals surface area (Å²) in [4.78, 5) is 31.0. The Labute approximate surface area is 184 Å². The van der Waals surface area contributed by atoms with Crippen molar-refractivity contribution in [1.29, 1.82) is 0 Å². The number of hydrogen-bond donors (Lipinski definition) is 1. The zero-order valence-corrected chi connectivity index (χ0v) is 18.1. The highest BCUT2D eigenvalue weighted by atomic mass is 35.5. The Morgan fingerprint density at radius 1 is 0.933 bits per heavy atom. The third kappa shape index (κ3) is 3.81. The van der Waals surface area contributed by atoms with Crippen molar-refractivity contribution in [2.45, 2.75) is 44.2 Å². The van der Waals surface area contributed by atoms with E-state index in [9.17, 15) is 9.59 Å². The Morgan fingerprint density at radius 3 is 2.47 bits per heavy atom. The molecule has 1 saturated carbocycles. The largest absolute Gasteiger partial charge is 0.338 e. The minimum atomic E-state index is -0.305. The molecule has 5 rings (SSSR count). The van der Waals surface area contributed by atoms with E-state index in [1.54, 1.807) is 0 Å². The average Bonchev–Trinajstić information content (AvgIpc) is 3.18. The van der Waals surface area contributed by atoms with Crippen molar-refractivity contribution < 1.29 is 9.59 Å². The topological polar surface area (TPSA) is 52.7 Å². The molecule has 0 spiro atoms. The van der Waals surface area contributed by atoms with E-state index in [2.05, 4.69) is 11.4 Å². The van der Waals surface area contributed by atoms with E-state index >= 15 is 0 Å². The van der Waals surface area contributed by atoms with Crippen LogP contribution in [0.3, 0.4) is 0 Å². The maximum Gasteiger partial charge on any atom is 0.254 e. The third-order valence-electron chi connectivity index (χ3n) is 7.03. The van der Waals surface area contributed by atoms with Crippen molar-refractivity contribution in [3.63, 3.8) is 0 Å². The van der Waals surface area contributed by atoms with Crippen LogP contribution in [0.25, 0.3) is 10.8 Å². The Bertz CT molecular complexity index is 928. The lowest BCUT2D eigenvalue weighted by atomic mass is 9.84. The van der Waals surface area contributed by atoms with Gasteiger partial charge >= 0.3 is 0 Å². The quantitative estimate of drug-likeness (QED) is 0.798. The molecule has 2 aromatic rings. The Kier molecular flexibility index (Phi) is 6.30. The number of likely N-dealkylation sites (tertiary alicyclic amines) is 1. The van der Waals surface area contributed by atoms with E-state index < -0.39 is 0 Å². The molecular weight excluding hydrogens is 398 g/mol. The molecule has 5 nitrogen and oxygen atoms in total. The molecule has 2 aromatic carbocycles. The van der Waals surface area contributed by atoms with Gasteiger partial charge in [-0.2, -0.15) is 0 Å². The number of fused-ring (bicyclic) bond motifs is 2. The van der Waals surface area contributed by atoms with Gasteiger partial charge in [0.1, 0.15) is 6.04 Å². The van der Waals surface area contributed by atoms with Crippen LogP contribution in [0.5, 0.6) is 0 Å². The molecule has 3 atom stereocenters. The summed E-state index contributed by atoms with van der Waals surface area (Å²) < 4.78 is 0. The van der Waals surface area contributed by atoms with Gasteiger partial charge in [0.15, 0.2) is 0 Å². The Balaban J connectivity index is 0.00000218. The fourth-order valence-electron chi connectivity index (χ4n) is 5.54. The second kappa shape index (κ2) is 8.94. The number of hydrogen-bond acceptors (Lipinski definition) is 3. The summed E-state index contributed by atoms with van der Waals surface area (Å²) in [6.45, 7) is 3.15. The molecule has 3 fully saturated rings. The molecule has 160 valence electrons. The molecule has 2 amide bonds. The highest BCUT2D eigenvalue weighted by molar-refractivity contribution is 6.01. The van der Waals surface area contributed by atoms with E-state index in [1.807, 2.05) is 46.2 Å². The van der Waals surface area contributed by atoms with Gasteiger partial charge in [-0.1, -0.05) is 43.2 Å². The number of carbonyl (C=O) groups excluding carboxylic acids is 2. The highest BCUT2D eigenvalue weighted by Gasteiger charge is 2.48. The van der Waals surface area contributed by atoms with Crippen LogP contribution in [0.2, 0.25) is 0 Å². The number of halogens is 1. The second-order valence-corrected chi connectivity index (χ2v) is 8.71. The van der Waals surface area contributed by atoms with Crippen LogP contribution in [0.1, 0.15) is 42.5 Å². The summed E-state index contributed by atoms with van der Waals surface area (Å²) in [5.41, 5.74) is 0.702. The summed E-state index contributed by atoms with van der Waals surface area (Å²) in [6, 6.07) is 14.0. The van der Waals surface area contributed by atoms with Gasteiger partial charge in [0.25, 0.3) is 5.91 Å². The first-order valence-corrected chi connectivity index (χ1v) is 11.0. The maximum absolute atomic E-state index is 13.7. The third-order valence-corrected chi connectivity index (χ3v) is 7.03. The molecule has 2 saturated heterocycles. The summed E-state index contributed by atoms with van der Waals surface area (Å²) >= 11 is 0. The summed E-state index contributed by atoms with van der Waals surface area (Å²) in [7, 11) is 0. The van der Waals surface area contributed by atoms with Crippen molar-refractivity contribution in [1.82, 2.24) is 15.1 Å². The van der Waals surface area contributed by atoms with Gasteiger partial charge in [0, 0.05) is 37.8 Å². The van der Waals surface area contributed by atoms with Crippen molar-refractivity contribution >= 4 is 35.0 Å². The lowest BCUT2D eigenvalue weighted by Crippen LogP contribution is -2.54. The van der Waals surface area contributed by atoms with Crippen LogP contribution < -0.4 is 5.32 Å². The first kappa shape index (κ1) is 21.1. The molecular formula is C24H30ClN3O2.